The monoisotopic (exact) mass is 466 g/mol. The van der Waals surface area contributed by atoms with Gasteiger partial charge in [0.05, 0.1) is 23.9 Å². The van der Waals surface area contributed by atoms with Crippen LogP contribution in [0.15, 0.2) is 59.8 Å². The van der Waals surface area contributed by atoms with Gasteiger partial charge in [-0.05, 0) is 42.2 Å². The smallest absolute Gasteiger partial charge is 0.322 e. The number of urea groups is 1. The van der Waals surface area contributed by atoms with Gasteiger partial charge in [-0.15, -0.1) is 0 Å². The van der Waals surface area contributed by atoms with Gasteiger partial charge in [-0.1, -0.05) is 55.8 Å². The third-order valence-electron chi connectivity index (χ3n) is 6.30. The molecule has 0 spiro atoms. The SMILES string of the molecule is CC(C)c1ccc(NC(=O)[C@@H](C)N2CC3=C(C2=O)[C@@H](c2ccccc2Cl)NC(=O)N3C)cc1. The van der Waals surface area contributed by atoms with Crippen molar-refractivity contribution in [2.45, 2.75) is 38.8 Å². The molecule has 0 unspecified atom stereocenters. The van der Waals surface area contributed by atoms with Crippen molar-refractivity contribution in [2.24, 2.45) is 0 Å². The van der Waals surface area contributed by atoms with Crippen LogP contribution in [-0.4, -0.2) is 47.3 Å². The lowest BCUT2D eigenvalue weighted by Crippen LogP contribution is -2.45. The summed E-state index contributed by atoms with van der Waals surface area (Å²) in [5.41, 5.74) is 3.51. The van der Waals surface area contributed by atoms with Crippen LogP contribution in [0.4, 0.5) is 10.5 Å². The average Bonchev–Trinajstić information content (AvgIpc) is 3.14. The Labute approximate surface area is 198 Å². The molecule has 2 atom stereocenters. The molecular weight excluding hydrogens is 440 g/mol. The number of carbonyl (C=O) groups is 3. The molecular formula is C25H27ClN4O3. The van der Waals surface area contributed by atoms with Crippen LogP contribution in [0, 0.1) is 0 Å². The summed E-state index contributed by atoms with van der Waals surface area (Å²) in [5, 5.41) is 6.21. The molecule has 8 heteroatoms. The van der Waals surface area contributed by atoms with Crippen molar-refractivity contribution in [1.82, 2.24) is 15.1 Å². The maximum atomic E-state index is 13.5. The Morgan fingerprint density at radius 1 is 1.09 bits per heavy atom. The highest BCUT2D eigenvalue weighted by Gasteiger charge is 2.45. The molecule has 4 rings (SSSR count). The number of anilines is 1. The van der Waals surface area contributed by atoms with Crippen molar-refractivity contribution in [2.75, 3.05) is 18.9 Å². The van der Waals surface area contributed by atoms with Crippen molar-refractivity contribution in [3.8, 4) is 0 Å². The van der Waals surface area contributed by atoms with Crippen molar-refractivity contribution >= 4 is 35.1 Å². The van der Waals surface area contributed by atoms with Gasteiger partial charge in [0, 0.05) is 17.8 Å². The van der Waals surface area contributed by atoms with Gasteiger partial charge >= 0.3 is 6.03 Å². The van der Waals surface area contributed by atoms with E-state index in [1.54, 1.807) is 32.2 Å². The van der Waals surface area contributed by atoms with E-state index in [4.69, 9.17) is 11.6 Å². The summed E-state index contributed by atoms with van der Waals surface area (Å²) in [6.07, 6.45) is 0. The summed E-state index contributed by atoms with van der Waals surface area (Å²) < 4.78 is 0. The highest BCUT2D eigenvalue weighted by Crippen LogP contribution is 2.38. The molecule has 7 nitrogen and oxygen atoms in total. The second kappa shape index (κ2) is 8.90. The molecule has 2 aliphatic heterocycles. The fraction of sp³-hybridized carbons (Fsp3) is 0.320. The molecule has 2 N–H and O–H groups in total. The molecule has 0 bridgehead atoms. The molecule has 0 aromatic heterocycles. The number of nitrogens with one attached hydrogen (secondary N) is 2. The van der Waals surface area contributed by atoms with Gasteiger partial charge in [0.1, 0.15) is 6.04 Å². The topological polar surface area (TPSA) is 81.8 Å². The molecule has 2 heterocycles. The van der Waals surface area contributed by atoms with Crippen LogP contribution in [0.3, 0.4) is 0 Å². The van der Waals surface area contributed by atoms with Crippen molar-refractivity contribution in [1.29, 1.82) is 0 Å². The quantitative estimate of drug-likeness (QED) is 0.689. The molecule has 33 heavy (non-hydrogen) atoms. The van der Waals surface area contributed by atoms with Gasteiger partial charge in [-0.3, -0.25) is 14.5 Å². The first-order chi connectivity index (χ1) is 15.7. The lowest BCUT2D eigenvalue weighted by Gasteiger charge is -2.31. The minimum Gasteiger partial charge on any atom is -0.326 e. The predicted octanol–water partition coefficient (Wildman–Crippen LogP) is 4.28. The number of halogens is 1. The zero-order chi connectivity index (χ0) is 23.9. The zero-order valence-electron chi connectivity index (χ0n) is 19.1. The minimum absolute atomic E-state index is 0.167. The van der Waals surface area contributed by atoms with Crippen molar-refractivity contribution in [3.63, 3.8) is 0 Å². The number of hydrogen-bond acceptors (Lipinski definition) is 3. The molecule has 0 aliphatic carbocycles. The van der Waals surface area contributed by atoms with Gasteiger partial charge in [0.25, 0.3) is 5.91 Å². The number of benzene rings is 2. The van der Waals surface area contributed by atoms with Crippen LogP contribution in [0.1, 0.15) is 43.9 Å². The Balaban J connectivity index is 1.56. The average molecular weight is 467 g/mol. The second-order valence-electron chi connectivity index (χ2n) is 8.70. The van der Waals surface area contributed by atoms with Crippen molar-refractivity contribution in [3.05, 3.63) is 76.0 Å². The van der Waals surface area contributed by atoms with Crippen LogP contribution in [0.5, 0.6) is 0 Å². The first kappa shape index (κ1) is 22.9. The van der Waals surface area contributed by atoms with E-state index < -0.39 is 12.1 Å². The maximum Gasteiger partial charge on any atom is 0.322 e. The Bertz CT molecular complexity index is 1140. The fourth-order valence-electron chi connectivity index (χ4n) is 4.18. The zero-order valence-corrected chi connectivity index (χ0v) is 19.8. The first-order valence-corrected chi connectivity index (χ1v) is 11.3. The third-order valence-corrected chi connectivity index (χ3v) is 6.64. The maximum absolute atomic E-state index is 13.5. The summed E-state index contributed by atoms with van der Waals surface area (Å²) in [7, 11) is 1.62. The van der Waals surface area contributed by atoms with Gasteiger partial charge in [-0.2, -0.15) is 0 Å². The lowest BCUT2D eigenvalue weighted by molar-refractivity contribution is -0.133. The minimum atomic E-state index is -0.733. The number of hydrogen-bond donors (Lipinski definition) is 2. The third kappa shape index (κ3) is 4.20. The van der Waals surface area contributed by atoms with E-state index in [0.29, 0.717) is 33.5 Å². The van der Waals surface area contributed by atoms with E-state index in [-0.39, 0.29) is 24.4 Å². The molecule has 2 aromatic rings. The number of nitrogens with zero attached hydrogens (tertiary/aromatic N) is 2. The Kier molecular flexibility index (Phi) is 6.17. The second-order valence-corrected chi connectivity index (χ2v) is 9.11. The van der Waals surface area contributed by atoms with E-state index in [2.05, 4.69) is 24.5 Å². The Morgan fingerprint density at radius 2 is 1.76 bits per heavy atom. The summed E-state index contributed by atoms with van der Waals surface area (Å²) in [6.45, 7) is 6.07. The van der Waals surface area contributed by atoms with E-state index in [1.165, 1.54) is 15.4 Å². The molecule has 172 valence electrons. The highest BCUT2D eigenvalue weighted by molar-refractivity contribution is 6.31. The number of carbonyl (C=O) groups excluding carboxylic acids is 3. The molecule has 2 aliphatic rings. The Hall–Kier alpha value is -3.32. The van der Waals surface area contributed by atoms with E-state index >= 15 is 0 Å². The van der Waals surface area contributed by atoms with Crippen LogP contribution in [0.25, 0.3) is 0 Å². The van der Waals surface area contributed by atoms with Gasteiger partial charge < -0.3 is 15.5 Å². The number of amides is 4. The van der Waals surface area contributed by atoms with Crippen LogP contribution in [-0.2, 0) is 9.59 Å². The molecule has 0 fully saturated rings. The molecule has 2 aromatic carbocycles. The standard InChI is InChI=1S/C25H27ClN4O3/c1-14(2)16-9-11-17(12-10-16)27-23(31)15(3)30-13-20-21(24(30)32)22(28-25(33)29(20)4)18-7-5-6-8-19(18)26/h5-12,14-15,22H,13H2,1-4H3,(H,27,31)(H,28,33)/t15-,22-/m1/s1. The molecule has 0 saturated heterocycles. The largest absolute Gasteiger partial charge is 0.326 e. The summed E-state index contributed by atoms with van der Waals surface area (Å²) in [6, 6.07) is 13.1. The molecule has 4 amide bonds. The van der Waals surface area contributed by atoms with Crippen LogP contribution >= 0.6 is 11.6 Å². The van der Waals surface area contributed by atoms with Crippen LogP contribution < -0.4 is 10.6 Å². The predicted molar refractivity (Wildman–Crippen MR) is 128 cm³/mol. The summed E-state index contributed by atoms with van der Waals surface area (Å²) in [5.74, 6) is -0.191. The molecule has 0 saturated carbocycles. The molecule has 0 radical (unpaired) electrons. The first-order valence-electron chi connectivity index (χ1n) is 10.9. The highest BCUT2D eigenvalue weighted by atomic mass is 35.5. The van der Waals surface area contributed by atoms with Gasteiger partial charge in [-0.25, -0.2) is 4.79 Å². The fourth-order valence-corrected chi connectivity index (χ4v) is 4.43. The van der Waals surface area contributed by atoms with Gasteiger partial charge in [0.2, 0.25) is 5.91 Å². The summed E-state index contributed by atoms with van der Waals surface area (Å²) >= 11 is 6.37. The normalized spacial score (nSPS) is 19.0. The van der Waals surface area contributed by atoms with Crippen LogP contribution in [0.2, 0.25) is 5.02 Å². The lowest BCUT2D eigenvalue weighted by atomic mass is 9.95. The summed E-state index contributed by atoms with van der Waals surface area (Å²) in [4.78, 5) is 42.0. The number of likely N-dealkylation sites (N-methyl/N-ethyl adjacent to an activating group) is 1. The Morgan fingerprint density at radius 3 is 2.39 bits per heavy atom. The van der Waals surface area contributed by atoms with E-state index in [1.807, 2.05) is 30.3 Å². The van der Waals surface area contributed by atoms with E-state index in [9.17, 15) is 14.4 Å². The van der Waals surface area contributed by atoms with E-state index in [0.717, 1.165) is 0 Å². The number of rotatable bonds is 5. The van der Waals surface area contributed by atoms with Gasteiger partial charge in [0.15, 0.2) is 0 Å². The van der Waals surface area contributed by atoms with Crippen molar-refractivity contribution < 1.29 is 14.4 Å².